The Morgan fingerprint density at radius 1 is 0.972 bits per heavy atom. The average Bonchev–Trinajstić information content (AvgIpc) is 2.80. The van der Waals surface area contributed by atoms with Crippen LogP contribution in [0.3, 0.4) is 0 Å². The zero-order chi connectivity index (χ0) is 26.2. The summed E-state index contributed by atoms with van der Waals surface area (Å²) in [6, 6.07) is 8.18. The number of anilines is 1. The van der Waals surface area contributed by atoms with Gasteiger partial charge < -0.3 is 14.7 Å². The SMILES string of the molecule is Cc1ccc(C(=O)N2CCCN(CC(C)C)CCCN(C(=O)CC(C)C)c3ccc(F)cc3C2)cn1. The Labute approximate surface area is 215 Å². The normalized spacial score (nSPS) is 16.0. The standard InChI is InChI=1S/C29H41FN4O2/c1-21(2)16-28(35)34-15-7-13-32(19-22(3)4)12-6-14-33(20-25-17-26(30)10-11-27(25)34)29(36)24-9-8-23(5)31-18-24/h8-11,17-18,21-22H,6-7,12-16,19-20H2,1-5H3. The molecule has 196 valence electrons. The summed E-state index contributed by atoms with van der Waals surface area (Å²) in [4.78, 5) is 37.2. The van der Waals surface area contributed by atoms with Crippen LogP contribution in [0.15, 0.2) is 36.5 Å². The summed E-state index contributed by atoms with van der Waals surface area (Å²) in [6.07, 6.45) is 3.68. The molecule has 1 aromatic heterocycles. The Bertz CT molecular complexity index is 1020. The minimum Gasteiger partial charge on any atom is -0.334 e. The van der Waals surface area contributed by atoms with E-state index in [0.29, 0.717) is 42.2 Å². The van der Waals surface area contributed by atoms with Gasteiger partial charge in [0.2, 0.25) is 5.91 Å². The molecule has 1 aromatic carbocycles. The van der Waals surface area contributed by atoms with Crippen LogP contribution in [0, 0.1) is 24.6 Å². The van der Waals surface area contributed by atoms with E-state index >= 15 is 0 Å². The van der Waals surface area contributed by atoms with Crippen molar-refractivity contribution in [3.63, 3.8) is 0 Å². The maximum Gasteiger partial charge on any atom is 0.255 e. The van der Waals surface area contributed by atoms with Gasteiger partial charge in [-0.15, -0.1) is 0 Å². The molecule has 0 N–H and O–H groups in total. The van der Waals surface area contributed by atoms with Crippen molar-refractivity contribution < 1.29 is 14.0 Å². The zero-order valence-electron chi connectivity index (χ0n) is 22.5. The van der Waals surface area contributed by atoms with Crippen molar-refractivity contribution in [1.29, 1.82) is 0 Å². The van der Waals surface area contributed by atoms with Gasteiger partial charge in [-0.2, -0.15) is 0 Å². The van der Waals surface area contributed by atoms with Crippen LogP contribution in [0.25, 0.3) is 0 Å². The van der Waals surface area contributed by atoms with Crippen molar-refractivity contribution in [2.24, 2.45) is 11.8 Å². The van der Waals surface area contributed by atoms with Gasteiger partial charge in [-0.3, -0.25) is 14.6 Å². The summed E-state index contributed by atoms with van der Waals surface area (Å²) in [5, 5.41) is 0. The van der Waals surface area contributed by atoms with Crippen molar-refractivity contribution in [2.45, 2.75) is 60.4 Å². The molecule has 1 aliphatic heterocycles. The lowest BCUT2D eigenvalue weighted by Crippen LogP contribution is -2.40. The first-order chi connectivity index (χ1) is 17.1. The summed E-state index contributed by atoms with van der Waals surface area (Å²) >= 11 is 0. The van der Waals surface area contributed by atoms with Gasteiger partial charge in [0, 0.05) is 50.2 Å². The van der Waals surface area contributed by atoms with Gasteiger partial charge >= 0.3 is 0 Å². The lowest BCUT2D eigenvalue weighted by Gasteiger charge is -2.32. The van der Waals surface area contributed by atoms with E-state index < -0.39 is 0 Å². The number of benzene rings is 1. The summed E-state index contributed by atoms with van der Waals surface area (Å²) in [5.74, 6) is 0.268. The van der Waals surface area contributed by atoms with Crippen LogP contribution >= 0.6 is 0 Å². The van der Waals surface area contributed by atoms with Crippen LogP contribution in [-0.4, -0.2) is 59.3 Å². The van der Waals surface area contributed by atoms with Crippen LogP contribution in [-0.2, 0) is 11.3 Å². The van der Waals surface area contributed by atoms with E-state index in [9.17, 15) is 14.0 Å². The molecule has 36 heavy (non-hydrogen) atoms. The molecule has 0 saturated heterocycles. The highest BCUT2D eigenvalue weighted by molar-refractivity contribution is 5.95. The second-order valence-corrected chi connectivity index (χ2v) is 10.7. The number of rotatable bonds is 5. The van der Waals surface area contributed by atoms with Gasteiger partial charge in [0.1, 0.15) is 5.82 Å². The van der Waals surface area contributed by atoms with Gasteiger partial charge in [-0.1, -0.05) is 27.7 Å². The molecule has 0 saturated carbocycles. The molecule has 0 fully saturated rings. The highest BCUT2D eigenvalue weighted by Gasteiger charge is 2.24. The molecule has 1 aliphatic rings. The van der Waals surface area contributed by atoms with Crippen LogP contribution in [0.1, 0.15) is 68.6 Å². The maximum atomic E-state index is 14.4. The third-order valence-electron chi connectivity index (χ3n) is 6.40. The number of pyridine rings is 1. The van der Waals surface area contributed by atoms with E-state index in [1.807, 2.05) is 26.8 Å². The smallest absolute Gasteiger partial charge is 0.255 e. The van der Waals surface area contributed by atoms with Crippen molar-refractivity contribution in [3.8, 4) is 0 Å². The molecule has 0 atom stereocenters. The van der Waals surface area contributed by atoms with Gasteiger partial charge in [-0.05, 0) is 80.6 Å². The fourth-order valence-corrected chi connectivity index (χ4v) is 4.77. The Morgan fingerprint density at radius 3 is 2.33 bits per heavy atom. The van der Waals surface area contributed by atoms with Crippen molar-refractivity contribution >= 4 is 17.5 Å². The van der Waals surface area contributed by atoms with Gasteiger partial charge in [-0.25, -0.2) is 4.39 Å². The minimum absolute atomic E-state index is 0.0333. The minimum atomic E-state index is -0.371. The van der Waals surface area contributed by atoms with E-state index in [1.54, 1.807) is 28.1 Å². The molecule has 2 amide bonds. The highest BCUT2D eigenvalue weighted by Crippen LogP contribution is 2.27. The van der Waals surface area contributed by atoms with Crippen LogP contribution in [0.2, 0.25) is 0 Å². The molecule has 0 bridgehead atoms. The summed E-state index contributed by atoms with van der Waals surface area (Å²) in [5.41, 5.74) is 2.70. The van der Waals surface area contributed by atoms with Crippen LogP contribution in [0.4, 0.5) is 10.1 Å². The van der Waals surface area contributed by atoms with E-state index in [-0.39, 0.29) is 30.1 Å². The van der Waals surface area contributed by atoms with E-state index in [1.165, 1.54) is 12.1 Å². The lowest BCUT2D eigenvalue weighted by molar-refractivity contribution is -0.119. The molecular formula is C29H41FN4O2. The molecular weight excluding hydrogens is 455 g/mol. The predicted octanol–water partition coefficient (Wildman–Crippen LogP) is 5.30. The van der Waals surface area contributed by atoms with E-state index in [4.69, 9.17) is 0 Å². The largest absolute Gasteiger partial charge is 0.334 e. The topological polar surface area (TPSA) is 56.8 Å². The second kappa shape index (κ2) is 12.9. The number of hydrogen-bond acceptors (Lipinski definition) is 4. The number of hydrogen-bond donors (Lipinski definition) is 0. The number of nitrogens with zero attached hydrogens (tertiary/aromatic N) is 4. The van der Waals surface area contributed by atoms with Gasteiger partial charge in [0.15, 0.2) is 0 Å². The number of fused-ring (bicyclic) bond motifs is 1. The van der Waals surface area contributed by atoms with Crippen molar-refractivity contribution in [2.75, 3.05) is 37.6 Å². The monoisotopic (exact) mass is 496 g/mol. The number of aryl methyl sites for hydroxylation is 1. The molecule has 7 heteroatoms. The number of amides is 2. The quantitative estimate of drug-likeness (QED) is 0.564. The fraction of sp³-hybridized carbons (Fsp3) is 0.552. The summed E-state index contributed by atoms with van der Waals surface area (Å²) in [7, 11) is 0. The number of aromatic nitrogens is 1. The van der Waals surface area contributed by atoms with Crippen molar-refractivity contribution in [1.82, 2.24) is 14.8 Å². The first kappa shape index (κ1) is 27.8. The number of carbonyl (C=O) groups is 2. The summed E-state index contributed by atoms with van der Waals surface area (Å²) < 4.78 is 14.4. The Hall–Kier alpha value is -2.80. The highest BCUT2D eigenvalue weighted by atomic mass is 19.1. The Balaban J connectivity index is 2.00. The fourth-order valence-electron chi connectivity index (χ4n) is 4.77. The predicted molar refractivity (Wildman–Crippen MR) is 142 cm³/mol. The number of halogens is 1. The average molecular weight is 497 g/mol. The molecule has 0 aliphatic carbocycles. The Morgan fingerprint density at radius 2 is 1.69 bits per heavy atom. The van der Waals surface area contributed by atoms with Gasteiger partial charge in [0.25, 0.3) is 5.91 Å². The Kier molecular flexibility index (Phi) is 9.99. The third-order valence-corrected chi connectivity index (χ3v) is 6.40. The molecule has 6 nitrogen and oxygen atoms in total. The van der Waals surface area contributed by atoms with Crippen molar-refractivity contribution in [3.05, 3.63) is 59.2 Å². The maximum absolute atomic E-state index is 14.4. The summed E-state index contributed by atoms with van der Waals surface area (Å²) in [6.45, 7) is 14.4. The molecule has 0 unspecified atom stereocenters. The molecule has 0 spiro atoms. The number of carbonyl (C=O) groups excluding carboxylic acids is 2. The molecule has 2 heterocycles. The van der Waals surface area contributed by atoms with Gasteiger partial charge in [0.05, 0.1) is 5.56 Å². The van der Waals surface area contributed by atoms with Crippen LogP contribution < -0.4 is 4.90 Å². The third kappa shape index (κ3) is 7.85. The first-order valence-corrected chi connectivity index (χ1v) is 13.2. The molecule has 2 aromatic rings. The second-order valence-electron chi connectivity index (χ2n) is 10.7. The zero-order valence-corrected chi connectivity index (χ0v) is 22.5. The van der Waals surface area contributed by atoms with E-state index in [2.05, 4.69) is 23.7 Å². The van der Waals surface area contributed by atoms with Crippen LogP contribution in [0.5, 0.6) is 0 Å². The van der Waals surface area contributed by atoms with E-state index in [0.717, 1.165) is 38.2 Å². The molecule has 3 rings (SSSR count). The molecule has 0 radical (unpaired) electrons. The lowest BCUT2D eigenvalue weighted by atomic mass is 10.1. The first-order valence-electron chi connectivity index (χ1n) is 13.2.